The van der Waals surface area contributed by atoms with E-state index in [1.807, 2.05) is 13.1 Å². The van der Waals surface area contributed by atoms with Crippen LogP contribution in [0.15, 0.2) is 17.1 Å². The summed E-state index contributed by atoms with van der Waals surface area (Å²) in [4.78, 5) is 4.67. The van der Waals surface area contributed by atoms with Crippen LogP contribution in [0.5, 0.6) is 0 Å². The summed E-state index contributed by atoms with van der Waals surface area (Å²) >= 11 is 0. The maximum Gasteiger partial charge on any atom is 0.189 e. The number of quaternary nitrogens is 1. The van der Waals surface area contributed by atoms with Crippen molar-refractivity contribution in [3.8, 4) is 0 Å². The molecule has 0 aromatic rings. The van der Waals surface area contributed by atoms with E-state index in [0.29, 0.717) is 0 Å². The molecule has 0 aliphatic carbocycles. The van der Waals surface area contributed by atoms with E-state index < -0.39 is 0 Å². The zero-order chi connectivity index (χ0) is 21.9. The number of aliphatic hydroxyl groups is 1. The van der Waals surface area contributed by atoms with E-state index in [0.717, 1.165) is 24.0 Å². The molecule has 0 aromatic carbocycles. The highest BCUT2D eigenvalue weighted by molar-refractivity contribution is 5.60. The fraction of sp³-hybridized carbons (Fsp3) is 0.889. The minimum atomic E-state index is -0.319. The summed E-state index contributed by atoms with van der Waals surface area (Å²) in [7, 11) is 0. The van der Waals surface area contributed by atoms with Crippen LogP contribution in [-0.2, 0) is 0 Å². The van der Waals surface area contributed by atoms with Gasteiger partial charge in [0.2, 0.25) is 0 Å². The van der Waals surface area contributed by atoms with E-state index in [1.54, 1.807) is 0 Å². The smallest absolute Gasteiger partial charge is 0.189 e. The summed E-state index contributed by atoms with van der Waals surface area (Å²) in [6.07, 6.45) is 29.8. The minimum absolute atomic E-state index is 0.270. The fourth-order valence-electron chi connectivity index (χ4n) is 4.84. The molecular weight excluding hydrogens is 368 g/mol. The Morgan fingerprint density at radius 1 is 0.833 bits per heavy atom. The van der Waals surface area contributed by atoms with Gasteiger partial charge in [-0.15, -0.1) is 0 Å². The van der Waals surface area contributed by atoms with Crippen molar-refractivity contribution in [1.82, 2.24) is 0 Å². The number of unbranched alkanes of at least 4 members (excludes halogenated alkanes) is 14. The van der Waals surface area contributed by atoms with E-state index in [2.05, 4.69) is 31.0 Å². The molecule has 1 heterocycles. The lowest BCUT2D eigenvalue weighted by Gasteiger charge is -2.40. The van der Waals surface area contributed by atoms with Gasteiger partial charge < -0.3 is 5.11 Å². The van der Waals surface area contributed by atoms with Crippen LogP contribution in [0, 0.1) is 0 Å². The van der Waals surface area contributed by atoms with Gasteiger partial charge in [-0.05, 0) is 39.0 Å². The summed E-state index contributed by atoms with van der Waals surface area (Å²) < 4.78 is 0.735. The Hall–Kier alpha value is -0.670. The van der Waals surface area contributed by atoms with Gasteiger partial charge in [-0.3, -0.25) is 4.48 Å². The van der Waals surface area contributed by atoms with Gasteiger partial charge in [0.05, 0.1) is 12.8 Å². The first-order chi connectivity index (χ1) is 14.7. The molecule has 0 radical (unpaired) electrons. The van der Waals surface area contributed by atoms with E-state index in [-0.39, 0.29) is 12.4 Å². The molecule has 0 aromatic heterocycles. The van der Waals surface area contributed by atoms with Crippen molar-refractivity contribution in [1.29, 1.82) is 0 Å². The molecule has 3 unspecified atom stereocenters. The van der Waals surface area contributed by atoms with Crippen molar-refractivity contribution < 1.29 is 9.59 Å². The Balaban J connectivity index is 1.88. The SMILES string of the molecule is CCCCCCCCCCCCC/C=C/CCCCCC1N=CC[N+]1(CC)C(C)O. The van der Waals surface area contributed by atoms with Crippen LogP contribution in [0.4, 0.5) is 0 Å². The number of aliphatic hydroxyl groups excluding tert-OH is 1. The molecule has 0 bridgehead atoms. The van der Waals surface area contributed by atoms with E-state index >= 15 is 0 Å². The van der Waals surface area contributed by atoms with E-state index in [9.17, 15) is 5.11 Å². The normalized spacial score (nSPS) is 22.3. The summed E-state index contributed by atoms with van der Waals surface area (Å²) in [6, 6.07) is 0. The monoisotopic (exact) mass is 421 g/mol. The van der Waals surface area contributed by atoms with Gasteiger partial charge in [0.1, 0.15) is 6.54 Å². The minimum Gasteiger partial charge on any atom is -0.345 e. The largest absolute Gasteiger partial charge is 0.345 e. The predicted molar refractivity (Wildman–Crippen MR) is 133 cm³/mol. The van der Waals surface area contributed by atoms with Gasteiger partial charge in [-0.2, -0.15) is 0 Å². The molecule has 3 nitrogen and oxygen atoms in total. The Kier molecular flexibility index (Phi) is 16.4. The summed E-state index contributed by atoms with van der Waals surface area (Å²) in [5.74, 6) is 0. The Morgan fingerprint density at radius 3 is 1.83 bits per heavy atom. The summed E-state index contributed by atoms with van der Waals surface area (Å²) in [5, 5.41) is 10.2. The lowest BCUT2D eigenvalue weighted by atomic mass is 10.0. The Bertz CT molecular complexity index is 446. The maximum absolute atomic E-state index is 10.2. The molecule has 3 atom stereocenters. The summed E-state index contributed by atoms with van der Waals surface area (Å²) in [5.41, 5.74) is 0. The van der Waals surface area contributed by atoms with Crippen molar-refractivity contribution in [3.63, 3.8) is 0 Å². The molecule has 1 aliphatic rings. The number of hydrogen-bond donors (Lipinski definition) is 1. The highest BCUT2D eigenvalue weighted by Gasteiger charge is 2.41. The van der Waals surface area contributed by atoms with E-state index in [4.69, 9.17) is 0 Å². The molecule has 1 N–H and O–H groups in total. The van der Waals surface area contributed by atoms with Crippen molar-refractivity contribution in [2.24, 2.45) is 4.99 Å². The molecule has 0 saturated heterocycles. The van der Waals surface area contributed by atoms with Gasteiger partial charge in [-0.25, -0.2) is 4.99 Å². The Morgan fingerprint density at radius 2 is 1.33 bits per heavy atom. The van der Waals surface area contributed by atoms with Gasteiger partial charge >= 0.3 is 0 Å². The molecule has 30 heavy (non-hydrogen) atoms. The van der Waals surface area contributed by atoms with Crippen molar-refractivity contribution in [3.05, 3.63) is 12.2 Å². The van der Waals surface area contributed by atoms with Gasteiger partial charge in [0.25, 0.3) is 0 Å². The first-order valence-corrected chi connectivity index (χ1v) is 13.4. The number of allylic oxidation sites excluding steroid dienone is 2. The maximum atomic E-state index is 10.2. The average Bonchev–Trinajstić information content (AvgIpc) is 3.17. The number of aliphatic imine (C=N–C) groups is 1. The first-order valence-electron chi connectivity index (χ1n) is 13.4. The standard InChI is InChI=1S/C27H53N2O/c1-4-6-7-8-9-10-11-12-13-14-15-16-17-18-19-20-21-22-23-27-28-24-25-29(27,5-2)26(3)30/h17-18,24,26-27,30H,4-16,19-23,25H2,1-3H3/q+1/b18-17+. The molecule has 1 aliphatic heterocycles. The lowest BCUT2D eigenvalue weighted by molar-refractivity contribution is -0.976. The highest BCUT2D eigenvalue weighted by atomic mass is 16.3. The lowest BCUT2D eigenvalue weighted by Crippen LogP contribution is -2.57. The van der Waals surface area contributed by atoms with Crippen molar-refractivity contribution in [2.75, 3.05) is 13.1 Å². The average molecular weight is 422 g/mol. The van der Waals surface area contributed by atoms with Crippen LogP contribution >= 0.6 is 0 Å². The van der Waals surface area contributed by atoms with Crippen molar-refractivity contribution in [2.45, 2.75) is 142 Å². The highest BCUT2D eigenvalue weighted by Crippen LogP contribution is 2.26. The number of rotatable bonds is 20. The molecular formula is C27H53N2O+. The Labute approximate surface area is 188 Å². The van der Waals surface area contributed by atoms with Crippen LogP contribution in [0.25, 0.3) is 0 Å². The molecule has 0 saturated carbocycles. The quantitative estimate of drug-likeness (QED) is 0.121. The molecule has 1 rings (SSSR count). The number of nitrogens with zero attached hydrogens (tertiary/aromatic N) is 2. The van der Waals surface area contributed by atoms with Crippen LogP contribution in [0.3, 0.4) is 0 Å². The second kappa shape index (κ2) is 18.0. The van der Waals surface area contributed by atoms with Crippen LogP contribution < -0.4 is 0 Å². The van der Waals surface area contributed by atoms with E-state index in [1.165, 1.54) is 103 Å². The van der Waals surface area contributed by atoms with Gasteiger partial charge in [-0.1, -0.05) is 89.7 Å². The third-order valence-corrected chi connectivity index (χ3v) is 7.10. The zero-order valence-corrected chi connectivity index (χ0v) is 20.7. The van der Waals surface area contributed by atoms with Crippen LogP contribution in [0.1, 0.15) is 130 Å². The fourth-order valence-corrected chi connectivity index (χ4v) is 4.84. The third kappa shape index (κ3) is 11.1. The third-order valence-electron chi connectivity index (χ3n) is 7.10. The van der Waals surface area contributed by atoms with Crippen LogP contribution in [0.2, 0.25) is 0 Å². The van der Waals surface area contributed by atoms with Crippen LogP contribution in [-0.4, -0.2) is 41.3 Å². The topological polar surface area (TPSA) is 32.6 Å². The second-order valence-electron chi connectivity index (χ2n) is 9.48. The van der Waals surface area contributed by atoms with Gasteiger partial charge in [0.15, 0.2) is 12.4 Å². The summed E-state index contributed by atoms with van der Waals surface area (Å²) in [6.45, 7) is 8.24. The van der Waals surface area contributed by atoms with Gasteiger partial charge in [0, 0.05) is 13.3 Å². The molecule has 0 amide bonds. The molecule has 0 spiro atoms. The molecule has 3 heteroatoms. The molecule has 176 valence electrons. The first kappa shape index (κ1) is 27.4. The predicted octanol–water partition coefficient (Wildman–Crippen LogP) is 7.78. The molecule has 0 fully saturated rings. The second-order valence-corrected chi connectivity index (χ2v) is 9.48. The zero-order valence-electron chi connectivity index (χ0n) is 20.7. The van der Waals surface area contributed by atoms with Crippen molar-refractivity contribution >= 4 is 6.21 Å². The number of hydrogen-bond acceptors (Lipinski definition) is 2.